The third kappa shape index (κ3) is 11.1. The molecule has 0 heterocycles. The summed E-state index contributed by atoms with van der Waals surface area (Å²) in [7, 11) is 0. The summed E-state index contributed by atoms with van der Waals surface area (Å²) in [4.78, 5) is 11.1. The number of hydrogen-bond donors (Lipinski definition) is 1. The van der Waals surface area contributed by atoms with Crippen LogP contribution in [-0.4, -0.2) is 12.5 Å². The first kappa shape index (κ1) is 14.2. The number of carbonyl (C=O) groups excluding carboxylic acids is 1. The fourth-order valence-electron chi connectivity index (χ4n) is 1.42. The summed E-state index contributed by atoms with van der Waals surface area (Å²) in [6, 6.07) is 0. The van der Waals surface area contributed by atoms with E-state index in [1.807, 2.05) is 6.92 Å². The minimum Gasteiger partial charge on any atom is -0.356 e. The lowest BCUT2D eigenvalue weighted by atomic mass is 10.1. The van der Waals surface area contributed by atoms with Crippen LogP contribution < -0.4 is 5.32 Å². The predicted molar refractivity (Wildman–Crippen MR) is 65.8 cm³/mol. The van der Waals surface area contributed by atoms with Crippen LogP contribution in [0.1, 0.15) is 58.8 Å². The Kier molecular flexibility index (Phi) is 10.7. The number of amides is 1. The topological polar surface area (TPSA) is 29.1 Å². The highest BCUT2D eigenvalue weighted by Crippen LogP contribution is 2.03. The zero-order valence-corrected chi connectivity index (χ0v) is 10.2. The van der Waals surface area contributed by atoms with Gasteiger partial charge in [0.25, 0.3) is 0 Å². The van der Waals surface area contributed by atoms with Gasteiger partial charge >= 0.3 is 0 Å². The molecule has 0 fully saturated rings. The van der Waals surface area contributed by atoms with Gasteiger partial charge < -0.3 is 5.32 Å². The van der Waals surface area contributed by atoms with Crippen molar-refractivity contribution < 1.29 is 4.79 Å². The maximum absolute atomic E-state index is 11.1. The molecule has 0 aliphatic heterocycles. The molecule has 0 saturated carbocycles. The van der Waals surface area contributed by atoms with Crippen molar-refractivity contribution in [2.75, 3.05) is 6.54 Å². The Hall–Kier alpha value is -0.790. The van der Waals surface area contributed by atoms with Crippen LogP contribution in [0, 0.1) is 0 Å². The van der Waals surface area contributed by atoms with E-state index in [0.29, 0.717) is 6.42 Å². The van der Waals surface area contributed by atoms with Crippen molar-refractivity contribution >= 4 is 5.91 Å². The van der Waals surface area contributed by atoms with Crippen molar-refractivity contribution in [1.82, 2.24) is 5.32 Å². The van der Waals surface area contributed by atoms with Gasteiger partial charge in [-0.3, -0.25) is 4.79 Å². The molecule has 2 heteroatoms. The standard InChI is InChI=1S/C13H25NO/c1-3-5-6-7-8-9-10-11-12-13(15)14-4-2/h9-10H,3-8,11-12H2,1-2H3,(H,14,15)/b10-9+. The van der Waals surface area contributed by atoms with Gasteiger partial charge in [-0.15, -0.1) is 0 Å². The second-order valence-electron chi connectivity index (χ2n) is 3.81. The fraction of sp³-hybridized carbons (Fsp3) is 0.769. The fourth-order valence-corrected chi connectivity index (χ4v) is 1.42. The molecule has 0 aliphatic rings. The van der Waals surface area contributed by atoms with E-state index in [0.717, 1.165) is 19.4 Å². The molecule has 0 aromatic rings. The van der Waals surface area contributed by atoms with E-state index in [1.165, 1.54) is 25.7 Å². The van der Waals surface area contributed by atoms with Crippen LogP contribution in [0.5, 0.6) is 0 Å². The monoisotopic (exact) mass is 211 g/mol. The van der Waals surface area contributed by atoms with Gasteiger partial charge in [-0.25, -0.2) is 0 Å². The number of nitrogens with one attached hydrogen (secondary N) is 1. The molecular weight excluding hydrogens is 186 g/mol. The van der Waals surface area contributed by atoms with Crippen molar-refractivity contribution in [3.8, 4) is 0 Å². The Morgan fingerprint density at radius 3 is 2.47 bits per heavy atom. The van der Waals surface area contributed by atoms with Crippen LogP contribution in [0.25, 0.3) is 0 Å². The molecule has 0 atom stereocenters. The summed E-state index contributed by atoms with van der Waals surface area (Å²) in [5.74, 6) is 0.160. The van der Waals surface area contributed by atoms with Gasteiger partial charge in [0.05, 0.1) is 0 Å². The Balaban J connectivity index is 3.20. The largest absolute Gasteiger partial charge is 0.356 e. The van der Waals surface area contributed by atoms with E-state index < -0.39 is 0 Å². The summed E-state index contributed by atoms with van der Waals surface area (Å²) >= 11 is 0. The van der Waals surface area contributed by atoms with Crippen molar-refractivity contribution in [2.45, 2.75) is 58.8 Å². The first-order chi connectivity index (χ1) is 7.31. The highest BCUT2D eigenvalue weighted by atomic mass is 16.1. The van der Waals surface area contributed by atoms with Crippen LogP contribution in [0.4, 0.5) is 0 Å². The summed E-state index contributed by atoms with van der Waals surface area (Å²) < 4.78 is 0. The molecule has 15 heavy (non-hydrogen) atoms. The normalized spacial score (nSPS) is 10.8. The lowest BCUT2D eigenvalue weighted by Crippen LogP contribution is -2.21. The maximum atomic E-state index is 11.1. The zero-order chi connectivity index (χ0) is 11.4. The van der Waals surface area contributed by atoms with E-state index in [1.54, 1.807) is 0 Å². The second-order valence-corrected chi connectivity index (χ2v) is 3.81. The average molecular weight is 211 g/mol. The van der Waals surface area contributed by atoms with Gasteiger partial charge in [0.1, 0.15) is 0 Å². The molecule has 0 rings (SSSR count). The lowest BCUT2D eigenvalue weighted by Gasteiger charge is -1.98. The molecule has 0 spiro atoms. The van der Waals surface area contributed by atoms with Crippen LogP contribution in [-0.2, 0) is 4.79 Å². The van der Waals surface area contributed by atoms with Gasteiger partial charge in [0.15, 0.2) is 0 Å². The van der Waals surface area contributed by atoms with Gasteiger partial charge in [0, 0.05) is 13.0 Å². The Morgan fingerprint density at radius 1 is 1.07 bits per heavy atom. The SMILES string of the molecule is CCCCCC/C=C/CCC(=O)NCC. The molecule has 0 saturated heterocycles. The van der Waals surface area contributed by atoms with Crippen molar-refractivity contribution in [3.05, 3.63) is 12.2 Å². The van der Waals surface area contributed by atoms with Gasteiger partial charge in [-0.05, 0) is 26.2 Å². The summed E-state index contributed by atoms with van der Waals surface area (Å²) in [6.45, 7) is 4.91. The molecule has 1 amide bonds. The van der Waals surface area contributed by atoms with Crippen molar-refractivity contribution in [2.24, 2.45) is 0 Å². The Labute approximate surface area is 94.1 Å². The molecular formula is C13H25NO. The summed E-state index contributed by atoms with van der Waals surface area (Å²) in [6.07, 6.45) is 12.2. The Bertz CT molecular complexity index is 175. The quantitative estimate of drug-likeness (QED) is 0.459. The van der Waals surface area contributed by atoms with Gasteiger partial charge in [-0.2, -0.15) is 0 Å². The van der Waals surface area contributed by atoms with E-state index in [-0.39, 0.29) is 5.91 Å². The smallest absolute Gasteiger partial charge is 0.220 e. The number of carbonyl (C=O) groups is 1. The van der Waals surface area contributed by atoms with E-state index in [4.69, 9.17) is 0 Å². The zero-order valence-electron chi connectivity index (χ0n) is 10.2. The highest BCUT2D eigenvalue weighted by Gasteiger charge is 1.94. The van der Waals surface area contributed by atoms with Crippen LogP contribution in [0.3, 0.4) is 0 Å². The molecule has 0 bridgehead atoms. The molecule has 0 aromatic heterocycles. The van der Waals surface area contributed by atoms with Crippen LogP contribution in [0.15, 0.2) is 12.2 Å². The number of hydrogen-bond acceptors (Lipinski definition) is 1. The number of unbranched alkanes of at least 4 members (excludes halogenated alkanes) is 4. The Morgan fingerprint density at radius 2 is 1.80 bits per heavy atom. The molecule has 1 N–H and O–H groups in total. The average Bonchev–Trinajstić information content (AvgIpc) is 2.22. The lowest BCUT2D eigenvalue weighted by molar-refractivity contribution is -0.120. The first-order valence-electron chi connectivity index (χ1n) is 6.23. The van der Waals surface area contributed by atoms with E-state index in [9.17, 15) is 4.79 Å². The number of rotatable bonds is 9. The third-order valence-electron chi connectivity index (χ3n) is 2.30. The van der Waals surface area contributed by atoms with Crippen molar-refractivity contribution in [3.63, 3.8) is 0 Å². The minimum absolute atomic E-state index is 0.160. The maximum Gasteiger partial charge on any atom is 0.220 e. The molecule has 2 nitrogen and oxygen atoms in total. The first-order valence-corrected chi connectivity index (χ1v) is 6.23. The van der Waals surface area contributed by atoms with Crippen molar-refractivity contribution in [1.29, 1.82) is 0 Å². The molecule has 0 unspecified atom stereocenters. The molecule has 0 aliphatic carbocycles. The third-order valence-corrected chi connectivity index (χ3v) is 2.30. The summed E-state index contributed by atoms with van der Waals surface area (Å²) in [5, 5.41) is 2.79. The minimum atomic E-state index is 0.160. The van der Waals surface area contributed by atoms with E-state index in [2.05, 4.69) is 24.4 Å². The van der Waals surface area contributed by atoms with Crippen LogP contribution >= 0.6 is 0 Å². The molecule has 88 valence electrons. The highest BCUT2D eigenvalue weighted by molar-refractivity contribution is 5.75. The predicted octanol–water partition coefficient (Wildman–Crippen LogP) is 3.43. The number of allylic oxidation sites excluding steroid dienone is 2. The summed E-state index contributed by atoms with van der Waals surface area (Å²) in [5.41, 5.74) is 0. The van der Waals surface area contributed by atoms with Crippen LogP contribution in [0.2, 0.25) is 0 Å². The van der Waals surface area contributed by atoms with Gasteiger partial charge in [0.2, 0.25) is 5.91 Å². The molecule has 0 radical (unpaired) electrons. The second kappa shape index (κ2) is 11.3. The van der Waals surface area contributed by atoms with E-state index >= 15 is 0 Å². The molecule has 0 aromatic carbocycles. The van der Waals surface area contributed by atoms with Gasteiger partial charge in [-0.1, -0.05) is 38.3 Å².